The van der Waals surface area contributed by atoms with E-state index < -0.39 is 0 Å². The number of nitrogens with one attached hydrogen (secondary N) is 2. The first-order chi connectivity index (χ1) is 12.2. The van der Waals surface area contributed by atoms with Gasteiger partial charge in [-0.05, 0) is 48.8 Å². The largest absolute Gasteiger partial charge is 0.376 e. The summed E-state index contributed by atoms with van der Waals surface area (Å²) < 4.78 is 0. The second-order valence-corrected chi connectivity index (χ2v) is 8.02. The topological polar surface area (TPSA) is 41.1 Å². The Labute approximate surface area is 153 Å². The standard InChI is InChI=1S/C21H24N2OS/c1-3-13(2)22-21(24)17-10-5-8-15-14-7-4-9-16(14)20(23-19(15)17)18-11-6-12-25-18/h4-8,10-14,16,20,23H,3,9H2,1-2H3,(H,22,24). The van der Waals surface area contributed by atoms with Gasteiger partial charge in [0.15, 0.2) is 0 Å². The summed E-state index contributed by atoms with van der Waals surface area (Å²) >= 11 is 1.79. The number of thiophene rings is 1. The molecule has 2 heterocycles. The van der Waals surface area contributed by atoms with Crippen LogP contribution in [0.3, 0.4) is 0 Å². The average molecular weight is 353 g/mol. The lowest BCUT2D eigenvalue weighted by atomic mass is 9.78. The van der Waals surface area contributed by atoms with Gasteiger partial charge >= 0.3 is 0 Å². The van der Waals surface area contributed by atoms with E-state index in [0.29, 0.717) is 11.8 Å². The van der Waals surface area contributed by atoms with Gasteiger partial charge in [-0.1, -0.05) is 37.3 Å². The Kier molecular flexibility index (Phi) is 4.38. The van der Waals surface area contributed by atoms with E-state index in [9.17, 15) is 4.79 Å². The van der Waals surface area contributed by atoms with Gasteiger partial charge in [0.25, 0.3) is 5.91 Å². The van der Waals surface area contributed by atoms with Crippen molar-refractivity contribution >= 4 is 22.9 Å². The Morgan fingerprint density at radius 3 is 3.00 bits per heavy atom. The van der Waals surface area contributed by atoms with Gasteiger partial charge in [0.1, 0.15) is 0 Å². The van der Waals surface area contributed by atoms with Crippen molar-refractivity contribution in [2.75, 3.05) is 5.32 Å². The number of amides is 1. The Morgan fingerprint density at radius 2 is 2.24 bits per heavy atom. The highest BCUT2D eigenvalue weighted by molar-refractivity contribution is 7.10. The van der Waals surface area contributed by atoms with Crippen molar-refractivity contribution in [3.05, 3.63) is 63.9 Å². The van der Waals surface area contributed by atoms with Crippen molar-refractivity contribution in [1.29, 1.82) is 0 Å². The molecule has 4 rings (SSSR count). The minimum absolute atomic E-state index is 0.0176. The summed E-state index contributed by atoms with van der Waals surface area (Å²) in [6.45, 7) is 4.13. The molecule has 0 fully saturated rings. The Hall–Kier alpha value is -2.07. The smallest absolute Gasteiger partial charge is 0.253 e. The summed E-state index contributed by atoms with van der Waals surface area (Å²) in [6.07, 6.45) is 6.63. The molecule has 2 aliphatic rings. The Morgan fingerprint density at radius 1 is 1.36 bits per heavy atom. The summed E-state index contributed by atoms with van der Waals surface area (Å²) in [5.74, 6) is 0.933. The molecule has 1 amide bonds. The number of carbonyl (C=O) groups is 1. The van der Waals surface area contributed by atoms with Crippen LogP contribution in [0.15, 0.2) is 47.9 Å². The van der Waals surface area contributed by atoms with E-state index in [0.717, 1.165) is 24.1 Å². The third kappa shape index (κ3) is 2.89. The van der Waals surface area contributed by atoms with Gasteiger partial charge in [0.2, 0.25) is 0 Å². The number of allylic oxidation sites excluding steroid dienone is 2. The lowest BCUT2D eigenvalue weighted by molar-refractivity contribution is 0.0939. The monoisotopic (exact) mass is 352 g/mol. The number of para-hydroxylation sites is 1. The summed E-state index contributed by atoms with van der Waals surface area (Å²) in [5, 5.41) is 8.96. The number of hydrogen-bond acceptors (Lipinski definition) is 3. The molecule has 1 aliphatic heterocycles. The molecule has 1 aromatic carbocycles. The Bertz CT molecular complexity index is 796. The van der Waals surface area contributed by atoms with E-state index in [1.54, 1.807) is 11.3 Å². The first-order valence-corrected chi connectivity index (χ1v) is 9.97. The number of anilines is 1. The Balaban J connectivity index is 1.74. The third-order valence-electron chi connectivity index (χ3n) is 5.48. The van der Waals surface area contributed by atoms with Crippen LogP contribution in [0.4, 0.5) is 5.69 Å². The van der Waals surface area contributed by atoms with Crippen molar-refractivity contribution in [2.24, 2.45) is 5.92 Å². The van der Waals surface area contributed by atoms with E-state index in [2.05, 4.69) is 53.3 Å². The van der Waals surface area contributed by atoms with Crippen molar-refractivity contribution in [1.82, 2.24) is 5.32 Å². The zero-order chi connectivity index (χ0) is 17.4. The molecular weight excluding hydrogens is 328 g/mol. The molecule has 4 atom stereocenters. The number of fused-ring (bicyclic) bond motifs is 3. The molecule has 4 unspecified atom stereocenters. The zero-order valence-corrected chi connectivity index (χ0v) is 15.5. The van der Waals surface area contributed by atoms with Gasteiger partial charge < -0.3 is 10.6 Å². The van der Waals surface area contributed by atoms with Crippen LogP contribution < -0.4 is 10.6 Å². The summed E-state index contributed by atoms with van der Waals surface area (Å²) in [6, 6.07) is 10.9. The summed E-state index contributed by atoms with van der Waals surface area (Å²) in [7, 11) is 0. The normalized spacial score (nSPS) is 25.0. The van der Waals surface area contributed by atoms with Gasteiger partial charge in [0, 0.05) is 16.8 Å². The van der Waals surface area contributed by atoms with Crippen molar-refractivity contribution in [2.45, 2.75) is 44.7 Å². The van der Waals surface area contributed by atoms with Gasteiger partial charge in [-0.3, -0.25) is 4.79 Å². The molecule has 1 aliphatic carbocycles. The average Bonchev–Trinajstić information content (AvgIpc) is 3.32. The second-order valence-electron chi connectivity index (χ2n) is 7.04. The summed E-state index contributed by atoms with van der Waals surface area (Å²) in [4.78, 5) is 14.2. The molecule has 3 nitrogen and oxygen atoms in total. The first-order valence-electron chi connectivity index (χ1n) is 9.09. The van der Waals surface area contributed by atoms with Crippen LogP contribution >= 0.6 is 11.3 Å². The van der Waals surface area contributed by atoms with Crippen LogP contribution in [0, 0.1) is 5.92 Å². The van der Waals surface area contributed by atoms with E-state index in [-0.39, 0.29) is 18.0 Å². The van der Waals surface area contributed by atoms with E-state index in [1.807, 2.05) is 19.1 Å². The minimum atomic E-state index is 0.0176. The molecule has 1 aromatic heterocycles. The van der Waals surface area contributed by atoms with Crippen LogP contribution in [0.2, 0.25) is 0 Å². The maximum Gasteiger partial charge on any atom is 0.253 e. The molecule has 0 radical (unpaired) electrons. The lowest BCUT2D eigenvalue weighted by Crippen LogP contribution is -2.35. The first kappa shape index (κ1) is 16.4. The summed E-state index contributed by atoms with van der Waals surface area (Å²) in [5.41, 5.74) is 3.02. The van der Waals surface area contributed by atoms with Crippen LogP contribution in [0.1, 0.15) is 59.4 Å². The number of carbonyl (C=O) groups excluding carboxylic acids is 1. The third-order valence-corrected chi connectivity index (χ3v) is 6.44. The van der Waals surface area contributed by atoms with Crippen molar-refractivity contribution in [3.63, 3.8) is 0 Å². The van der Waals surface area contributed by atoms with Gasteiger partial charge in [-0.2, -0.15) is 0 Å². The van der Waals surface area contributed by atoms with Gasteiger partial charge in [-0.25, -0.2) is 0 Å². The molecule has 2 aromatic rings. The maximum absolute atomic E-state index is 12.8. The van der Waals surface area contributed by atoms with Crippen LogP contribution in [0.5, 0.6) is 0 Å². The van der Waals surface area contributed by atoms with Crippen molar-refractivity contribution in [3.8, 4) is 0 Å². The predicted octanol–water partition coefficient (Wildman–Crippen LogP) is 5.10. The van der Waals surface area contributed by atoms with Gasteiger partial charge in [0.05, 0.1) is 17.3 Å². The van der Waals surface area contributed by atoms with Crippen molar-refractivity contribution < 1.29 is 4.79 Å². The highest BCUT2D eigenvalue weighted by Crippen LogP contribution is 2.51. The number of hydrogen-bond donors (Lipinski definition) is 2. The predicted molar refractivity (Wildman–Crippen MR) is 104 cm³/mol. The van der Waals surface area contributed by atoms with E-state index in [1.165, 1.54) is 10.4 Å². The zero-order valence-electron chi connectivity index (χ0n) is 14.7. The number of rotatable bonds is 4. The molecule has 4 heteroatoms. The van der Waals surface area contributed by atoms with Crippen LogP contribution in [-0.4, -0.2) is 11.9 Å². The fraction of sp³-hybridized carbons (Fsp3) is 0.381. The maximum atomic E-state index is 12.8. The fourth-order valence-electron chi connectivity index (χ4n) is 3.96. The SMILES string of the molecule is CCC(C)NC(=O)c1cccc2c1NC(c1cccs1)C1CC=CC21. The minimum Gasteiger partial charge on any atom is -0.376 e. The quantitative estimate of drug-likeness (QED) is 0.751. The highest BCUT2D eigenvalue weighted by Gasteiger charge is 2.39. The van der Waals surface area contributed by atoms with E-state index in [4.69, 9.17) is 0 Å². The molecule has 25 heavy (non-hydrogen) atoms. The molecule has 0 saturated heterocycles. The molecule has 0 bridgehead atoms. The molecule has 0 spiro atoms. The fourth-order valence-corrected chi connectivity index (χ4v) is 4.82. The second kappa shape index (κ2) is 6.68. The molecular formula is C21H24N2OS. The van der Waals surface area contributed by atoms with E-state index >= 15 is 0 Å². The molecule has 0 saturated carbocycles. The highest BCUT2D eigenvalue weighted by atomic mass is 32.1. The van der Waals surface area contributed by atoms with Crippen LogP contribution in [0.25, 0.3) is 0 Å². The van der Waals surface area contributed by atoms with Crippen LogP contribution in [-0.2, 0) is 0 Å². The molecule has 2 N–H and O–H groups in total. The number of benzene rings is 1. The molecule has 130 valence electrons. The lowest BCUT2D eigenvalue weighted by Gasteiger charge is -2.37. The van der Waals surface area contributed by atoms with Gasteiger partial charge in [-0.15, -0.1) is 11.3 Å².